The Morgan fingerprint density at radius 2 is 2.06 bits per heavy atom. The Hall–Kier alpha value is -1.36. The first kappa shape index (κ1) is 12.1. The average Bonchev–Trinajstić information content (AvgIpc) is 2.83. The van der Waals surface area contributed by atoms with E-state index in [-0.39, 0.29) is 6.04 Å². The van der Waals surface area contributed by atoms with E-state index >= 15 is 0 Å². The van der Waals surface area contributed by atoms with Gasteiger partial charge in [0, 0.05) is 5.92 Å². The first-order chi connectivity index (χ1) is 8.00. The van der Waals surface area contributed by atoms with Crippen molar-refractivity contribution in [3.05, 3.63) is 34.2 Å². The molecular weight excluding hydrogens is 234 g/mol. The molecule has 0 spiro atoms. The molecule has 92 valence electrons. The van der Waals surface area contributed by atoms with Crippen LogP contribution in [0, 0.1) is 11.7 Å². The third-order valence-electron chi connectivity index (χ3n) is 2.81. The SMILES string of the molecule is Cc1ccc(C(C)n2c(C(C)C)n[nH]c2=S)o1. The van der Waals surface area contributed by atoms with Crippen molar-refractivity contribution < 1.29 is 4.42 Å². The minimum Gasteiger partial charge on any atom is -0.464 e. The van der Waals surface area contributed by atoms with Gasteiger partial charge in [-0.05, 0) is 38.2 Å². The van der Waals surface area contributed by atoms with Crippen LogP contribution in [0.3, 0.4) is 0 Å². The van der Waals surface area contributed by atoms with Gasteiger partial charge >= 0.3 is 0 Å². The molecule has 1 atom stereocenters. The Labute approximate surface area is 106 Å². The van der Waals surface area contributed by atoms with Gasteiger partial charge in [-0.25, -0.2) is 0 Å². The number of hydrogen-bond acceptors (Lipinski definition) is 3. The Balaban J connectivity index is 2.46. The summed E-state index contributed by atoms with van der Waals surface area (Å²) in [6, 6.07) is 4.01. The van der Waals surface area contributed by atoms with E-state index in [0.717, 1.165) is 17.3 Å². The summed E-state index contributed by atoms with van der Waals surface area (Å²) < 4.78 is 8.30. The van der Waals surface area contributed by atoms with E-state index < -0.39 is 0 Å². The molecule has 0 fully saturated rings. The second-order valence-electron chi connectivity index (χ2n) is 4.54. The van der Waals surface area contributed by atoms with E-state index in [1.165, 1.54) is 0 Å². The minimum absolute atomic E-state index is 0.0624. The van der Waals surface area contributed by atoms with Gasteiger partial charge in [-0.15, -0.1) is 0 Å². The predicted octanol–water partition coefficient (Wildman–Crippen LogP) is 3.57. The molecule has 0 aromatic carbocycles. The van der Waals surface area contributed by atoms with Gasteiger partial charge in [0.25, 0.3) is 0 Å². The molecule has 0 aliphatic carbocycles. The number of aryl methyl sites for hydroxylation is 1. The van der Waals surface area contributed by atoms with Gasteiger partial charge in [0.1, 0.15) is 17.3 Å². The molecule has 5 heteroatoms. The molecule has 2 rings (SSSR count). The van der Waals surface area contributed by atoms with Gasteiger partial charge in [-0.2, -0.15) is 5.10 Å². The molecule has 0 saturated carbocycles. The standard InChI is InChI=1S/C12H17N3OS/c1-7(2)11-13-14-12(17)15(11)9(4)10-6-5-8(3)16-10/h5-7,9H,1-4H3,(H,14,17). The van der Waals surface area contributed by atoms with Gasteiger partial charge in [-0.1, -0.05) is 13.8 Å². The second kappa shape index (κ2) is 4.49. The molecule has 2 aromatic rings. The highest BCUT2D eigenvalue weighted by atomic mass is 32.1. The second-order valence-corrected chi connectivity index (χ2v) is 4.92. The van der Waals surface area contributed by atoms with Crippen LogP contribution in [0.15, 0.2) is 16.5 Å². The molecule has 0 bridgehead atoms. The van der Waals surface area contributed by atoms with E-state index in [2.05, 4.69) is 31.0 Å². The normalized spacial score (nSPS) is 13.2. The smallest absolute Gasteiger partial charge is 0.195 e. The lowest BCUT2D eigenvalue weighted by Crippen LogP contribution is -2.11. The van der Waals surface area contributed by atoms with Gasteiger partial charge < -0.3 is 4.42 Å². The minimum atomic E-state index is 0.0624. The van der Waals surface area contributed by atoms with E-state index in [9.17, 15) is 0 Å². The molecule has 0 aliphatic rings. The Bertz CT molecular complexity index is 564. The van der Waals surface area contributed by atoms with Crippen LogP contribution in [0.5, 0.6) is 0 Å². The van der Waals surface area contributed by atoms with Crippen molar-refractivity contribution >= 4 is 12.2 Å². The average molecular weight is 251 g/mol. The first-order valence-electron chi connectivity index (χ1n) is 5.74. The number of H-pyrrole nitrogens is 1. The fraction of sp³-hybridized carbons (Fsp3) is 0.500. The molecule has 2 heterocycles. The molecule has 2 aromatic heterocycles. The van der Waals surface area contributed by atoms with Crippen molar-refractivity contribution in [2.24, 2.45) is 0 Å². The van der Waals surface area contributed by atoms with Crippen LogP contribution in [-0.4, -0.2) is 14.8 Å². The maximum atomic E-state index is 5.65. The zero-order chi connectivity index (χ0) is 12.6. The van der Waals surface area contributed by atoms with Gasteiger partial charge in [0.05, 0.1) is 6.04 Å². The summed E-state index contributed by atoms with van der Waals surface area (Å²) >= 11 is 5.28. The van der Waals surface area contributed by atoms with Gasteiger partial charge in [0.15, 0.2) is 4.77 Å². The number of aromatic nitrogens is 3. The summed E-state index contributed by atoms with van der Waals surface area (Å²) in [6.07, 6.45) is 0. The van der Waals surface area contributed by atoms with Crippen LogP contribution < -0.4 is 0 Å². The number of furan rings is 1. The quantitative estimate of drug-likeness (QED) is 0.848. The number of aromatic amines is 1. The lowest BCUT2D eigenvalue weighted by atomic mass is 10.2. The Morgan fingerprint density at radius 3 is 2.59 bits per heavy atom. The van der Waals surface area contributed by atoms with Crippen molar-refractivity contribution in [2.45, 2.75) is 39.7 Å². The zero-order valence-electron chi connectivity index (χ0n) is 10.5. The Kier molecular flexibility index (Phi) is 3.19. The first-order valence-corrected chi connectivity index (χ1v) is 6.14. The lowest BCUT2D eigenvalue weighted by Gasteiger charge is -2.14. The third kappa shape index (κ3) is 2.20. The molecule has 0 aliphatic heterocycles. The Morgan fingerprint density at radius 1 is 1.35 bits per heavy atom. The molecule has 0 amide bonds. The van der Waals surface area contributed by atoms with Crippen LogP contribution in [0.4, 0.5) is 0 Å². The maximum Gasteiger partial charge on any atom is 0.195 e. The number of hydrogen-bond donors (Lipinski definition) is 1. The van der Waals surface area contributed by atoms with Crippen LogP contribution in [0.2, 0.25) is 0 Å². The summed E-state index contributed by atoms with van der Waals surface area (Å²) in [5, 5.41) is 7.12. The summed E-state index contributed by atoms with van der Waals surface area (Å²) in [4.78, 5) is 0. The highest BCUT2D eigenvalue weighted by Crippen LogP contribution is 2.24. The fourth-order valence-corrected chi connectivity index (χ4v) is 2.20. The van der Waals surface area contributed by atoms with Crippen LogP contribution in [0.1, 0.15) is 50.1 Å². The van der Waals surface area contributed by atoms with Crippen molar-refractivity contribution in [1.29, 1.82) is 0 Å². The molecule has 17 heavy (non-hydrogen) atoms. The molecular formula is C12H17N3OS. The van der Waals surface area contributed by atoms with E-state index in [0.29, 0.717) is 10.7 Å². The van der Waals surface area contributed by atoms with E-state index in [1.807, 2.05) is 23.6 Å². The van der Waals surface area contributed by atoms with Crippen LogP contribution in [0.25, 0.3) is 0 Å². The maximum absolute atomic E-state index is 5.65. The van der Waals surface area contributed by atoms with E-state index in [4.69, 9.17) is 16.6 Å². The fourth-order valence-electron chi connectivity index (χ4n) is 1.90. The number of rotatable bonds is 3. The third-order valence-corrected chi connectivity index (χ3v) is 3.10. The van der Waals surface area contributed by atoms with Crippen molar-refractivity contribution in [3.63, 3.8) is 0 Å². The van der Waals surface area contributed by atoms with Crippen molar-refractivity contribution in [1.82, 2.24) is 14.8 Å². The summed E-state index contributed by atoms with van der Waals surface area (Å²) in [6.45, 7) is 8.20. The summed E-state index contributed by atoms with van der Waals surface area (Å²) in [7, 11) is 0. The van der Waals surface area contributed by atoms with Gasteiger partial charge in [-0.3, -0.25) is 9.67 Å². The zero-order valence-corrected chi connectivity index (χ0v) is 11.3. The van der Waals surface area contributed by atoms with Gasteiger partial charge in [0.2, 0.25) is 0 Å². The molecule has 0 radical (unpaired) electrons. The number of nitrogens with zero attached hydrogens (tertiary/aromatic N) is 2. The highest BCUT2D eigenvalue weighted by molar-refractivity contribution is 7.71. The lowest BCUT2D eigenvalue weighted by molar-refractivity contribution is 0.418. The molecule has 1 N–H and O–H groups in total. The summed E-state index contributed by atoms with van der Waals surface area (Å²) in [5.41, 5.74) is 0. The monoisotopic (exact) mass is 251 g/mol. The largest absolute Gasteiger partial charge is 0.464 e. The number of nitrogens with one attached hydrogen (secondary N) is 1. The predicted molar refractivity (Wildman–Crippen MR) is 68.8 cm³/mol. The van der Waals surface area contributed by atoms with Crippen molar-refractivity contribution in [2.75, 3.05) is 0 Å². The molecule has 0 saturated heterocycles. The highest BCUT2D eigenvalue weighted by Gasteiger charge is 2.18. The molecule has 4 nitrogen and oxygen atoms in total. The van der Waals surface area contributed by atoms with Crippen LogP contribution >= 0.6 is 12.2 Å². The summed E-state index contributed by atoms with van der Waals surface area (Å²) in [5.74, 6) is 3.09. The van der Waals surface area contributed by atoms with Crippen LogP contribution in [-0.2, 0) is 0 Å². The van der Waals surface area contributed by atoms with E-state index in [1.54, 1.807) is 0 Å². The van der Waals surface area contributed by atoms with Crippen molar-refractivity contribution in [3.8, 4) is 0 Å². The topological polar surface area (TPSA) is 46.8 Å². The molecule has 1 unspecified atom stereocenters.